The molecule has 28 heavy (non-hydrogen) atoms. The quantitative estimate of drug-likeness (QED) is 0.550. The van der Waals surface area contributed by atoms with Gasteiger partial charge in [-0.05, 0) is 30.5 Å². The van der Waals surface area contributed by atoms with Gasteiger partial charge in [0.15, 0.2) is 5.13 Å². The topological polar surface area (TPSA) is 71.2 Å². The Morgan fingerprint density at radius 2 is 1.93 bits per heavy atom. The molecule has 3 N–H and O–H groups in total. The van der Waals surface area contributed by atoms with Crippen molar-refractivity contribution in [1.82, 2.24) is 9.88 Å². The number of halogens is 1. The molecule has 4 rings (SSSR count). The summed E-state index contributed by atoms with van der Waals surface area (Å²) in [4.78, 5) is 20.5. The third-order valence-electron chi connectivity index (χ3n) is 4.82. The summed E-state index contributed by atoms with van der Waals surface area (Å²) in [5, 5.41) is 4.18. The molecule has 0 radical (unpaired) electrons. The van der Waals surface area contributed by atoms with Crippen molar-refractivity contribution in [3.05, 3.63) is 62.1 Å². The summed E-state index contributed by atoms with van der Waals surface area (Å²) in [6.07, 6.45) is 2.08. The molecular weight excluding hydrogens is 412 g/mol. The Balaban J connectivity index is 1.34. The number of carbonyl (C=O) groups is 1. The first-order chi connectivity index (χ1) is 13.6. The largest absolute Gasteiger partial charge is 0.382 e. The van der Waals surface area contributed by atoms with Crippen LogP contribution in [0.1, 0.15) is 33.0 Å². The molecule has 1 aromatic carbocycles. The smallest absolute Gasteiger partial charge is 0.216 e. The van der Waals surface area contributed by atoms with Gasteiger partial charge in [0, 0.05) is 25.7 Å². The van der Waals surface area contributed by atoms with Crippen molar-refractivity contribution in [3.8, 4) is 0 Å². The monoisotopic (exact) mass is 432 g/mol. The Morgan fingerprint density at radius 3 is 2.61 bits per heavy atom. The van der Waals surface area contributed by atoms with E-state index in [1.165, 1.54) is 28.2 Å². The van der Waals surface area contributed by atoms with Crippen molar-refractivity contribution >= 4 is 51.0 Å². The van der Waals surface area contributed by atoms with Gasteiger partial charge in [-0.25, -0.2) is 4.98 Å². The maximum Gasteiger partial charge on any atom is 0.216 e. The van der Waals surface area contributed by atoms with E-state index in [-0.39, 0.29) is 11.6 Å². The second kappa shape index (κ2) is 8.61. The van der Waals surface area contributed by atoms with E-state index in [1.807, 2.05) is 6.07 Å². The molecule has 0 amide bonds. The molecule has 0 saturated carbocycles. The number of nitrogens with zero attached hydrogens (tertiary/aromatic N) is 2. The number of nitrogens with one attached hydrogen (secondary N) is 1. The first-order valence-electron chi connectivity index (χ1n) is 9.17. The Morgan fingerprint density at radius 1 is 1.18 bits per heavy atom. The molecule has 8 heteroatoms. The molecular formula is C20H21ClN4OS2. The number of rotatable bonds is 6. The van der Waals surface area contributed by atoms with Crippen LogP contribution in [-0.2, 0) is 6.54 Å². The molecule has 3 aromatic rings. The third-order valence-corrected chi connectivity index (χ3v) is 7.05. The van der Waals surface area contributed by atoms with E-state index in [9.17, 15) is 4.79 Å². The van der Waals surface area contributed by atoms with E-state index in [1.54, 1.807) is 12.1 Å². The van der Waals surface area contributed by atoms with E-state index in [2.05, 4.69) is 39.5 Å². The van der Waals surface area contributed by atoms with E-state index in [0.29, 0.717) is 25.3 Å². The minimum atomic E-state index is -0.113. The molecule has 1 saturated heterocycles. The van der Waals surface area contributed by atoms with E-state index >= 15 is 0 Å². The Labute approximate surface area is 177 Å². The Bertz CT molecular complexity index is 948. The van der Waals surface area contributed by atoms with Crippen molar-refractivity contribution in [2.75, 3.05) is 24.1 Å². The van der Waals surface area contributed by atoms with Crippen LogP contribution in [0.25, 0.3) is 0 Å². The standard InChI is InChI=1S/C20H21ClN4OS2/c21-16-7-6-15(27-16)17(26)18-19(22)24-20(28-18)23-14-8-10-25(11-9-14)12-13-4-2-1-3-5-13/h1-7,14H,8-12,22H2,(H,23,24). The summed E-state index contributed by atoms with van der Waals surface area (Å²) in [7, 11) is 0. The number of nitrogens with two attached hydrogens (primary N) is 1. The lowest BCUT2D eigenvalue weighted by atomic mass is 10.0. The first kappa shape index (κ1) is 19.4. The lowest BCUT2D eigenvalue weighted by Crippen LogP contribution is -2.38. The molecule has 146 valence electrons. The number of thiophene rings is 1. The summed E-state index contributed by atoms with van der Waals surface area (Å²) in [5.74, 6) is 0.168. The number of hydrogen-bond donors (Lipinski definition) is 2. The fourth-order valence-corrected chi connectivity index (χ4v) is 5.33. The first-order valence-corrected chi connectivity index (χ1v) is 11.2. The lowest BCUT2D eigenvalue weighted by molar-refractivity contribution is 0.104. The van der Waals surface area contributed by atoms with Crippen LogP contribution >= 0.6 is 34.3 Å². The van der Waals surface area contributed by atoms with Crippen LogP contribution in [-0.4, -0.2) is 34.8 Å². The third kappa shape index (κ3) is 4.55. The van der Waals surface area contributed by atoms with Gasteiger partial charge in [0.1, 0.15) is 10.7 Å². The van der Waals surface area contributed by atoms with Crippen molar-refractivity contribution in [1.29, 1.82) is 0 Å². The molecule has 3 heterocycles. The molecule has 5 nitrogen and oxygen atoms in total. The van der Waals surface area contributed by atoms with Gasteiger partial charge in [0.25, 0.3) is 0 Å². The van der Waals surface area contributed by atoms with E-state index in [0.717, 1.165) is 32.5 Å². The second-order valence-corrected chi connectivity index (χ2v) is 9.56. The fraction of sp³-hybridized carbons (Fsp3) is 0.300. The van der Waals surface area contributed by atoms with Crippen LogP contribution < -0.4 is 11.1 Å². The number of nitrogen functional groups attached to an aromatic ring is 1. The van der Waals surface area contributed by atoms with Crippen LogP contribution in [0.15, 0.2) is 42.5 Å². The van der Waals surface area contributed by atoms with Crippen molar-refractivity contribution in [3.63, 3.8) is 0 Å². The van der Waals surface area contributed by atoms with E-state index in [4.69, 9.17) is 17.3 Å². The number of benzene rings is 1. The van der Waals surface area contributed by atoms with Crippen LogP contribution in [0.3, 0.4) is 0 Å². The number of ketones is 1. The maximum absolute atomic E-state index is 12.6. The van der Waals surface area contributed by atoms with Crippen LogP contribution in [0, 0.1) is 0 Å². The van der Waals surface area contributed by atoms with Crippen molar-refractivity contribution < 1.29 is 4.79 Å². The lowest BCUT2D eigenvalue weighted by Gasteiger charge is -2.32. The summed E-state index contributed by atoms with van der Waals surface area (Å²) in [6, 6.07) is 14.3. The highest BCUT2D eigenvalue weighted by Gasteiger charge is 2.23. The summed E-state index contributed by atoms with van der Waals surface area (Å²) in [5.41, 5.74) is 7.35. The van der Waals surface area contributed by atoms with Crippen LogP contribution in [0.5, 0.6) is 0 Å². The Kier molecular flexibility index (Phi) is 5.96. The second-order valence-electron chi connectivity index (χ2n) is 6.85. The number of piperidine rings is 1. The predicted octanol–water partition coefficient (Wildman–Crippen LogP) is 4.75. The van der Waals surface area contributed by atoms with Crippen molar-refractivity contribution in [2.45, 2.75) is 25.4 Å². The number of carbonyl (C=O) groups excluding carboxylic acids is 1. The van der Waals surface area contributed by atoms with E-state index < -0.39 is 0 Å². The molecule has 0 unspecified atom stereocenters. The van der Waals surface area contributed by atoms with Crippen molar-refractivity contribution in [2.24, 2.45) is 0 Å². The molecule has 1 fully saturated rings. The minimum Gasteiger partial charge on any atom is -0.382 e. The zero-order valence-corrected chi connectivity index (χ0v) is 17.6. The average Bonchev–Trinajstić information content (AvgIpc) is 3.29. The van der Waals surface area contributed by atoms with Gasteiger partial charge < -0.3 is 11.1 Å². The van der Waals surface area contributed by atoms with Gasteiger partial charge in [-0.1, -0.05) is 53.3 Å². The number of thiazole rings is 1. The number of aromatic nitrogens is 1. The minimum absolute atomic E-state index is 0.113. The van der Waals surface area contributed by atoms with Crippen LogP contribution in [0.4, 0.5) is 10.9 Å². The zero-order chi connectivity index (χ0) is 19.5. The molecule has 2 aromatic heterocycles. The summed E-state index contributed by atoms with van der Waals surface area (Å²) in [6.45, 7) is 3.06. The Hall–Kier alpha value is -1.93. The SMILES string of the molecule is Nc1nc(NC2CCN(Cc3ccccc3)CC2)sc1C(=O)c1ccc(Cl)s1. The number of likely N-dealkylation sites (tertiary alicyclic amines) is 1. The van der Waals surface area contributed by atoms with Gasteiger partial charge in [-0.3, -0.25) is 9.69 Å². The van der Waals surface area contributed by atoms with Gasteiger partial charge in [-0.2, -0.15) is 0 Å². The van der Waals surface area contributed by atoms with Gasteiger partial charge in [-0.15, -0.1) is 11.3 Å². The molecule has 0 atom stereocenters. The maximum atomic E-state index is 12.6. The highest BCUT2D eigenvalue weighted by molar-refractivity contribution is 7.21. The highest BCUT2D eigenvalue weighted by atomic mass is 35.5. The molecule has 1 aliphatic heterocycles. The molecule has 0 spiro atoms. The van der Waals surface area contributed by atoms with Crippen LogP contribution in [0.2, 0.25) is 4.34 Å². The summed E-state index contributed by atoms with van der Waals surface area (Å²) < 4.78 is 0.590. The highest BCUT2D eigenvalue weighted by Crippen LogP contribution is 2.32. The normalized spacial score (nSPS) is 15.6. The molecule has 0 aliphatic carbocycles. The molecule has 0 bridgehead atoms. The van der Waals surface area contributed by atoms with Gasteiger partial charge in [0.2, 0.25) is 5.78 Å². The average molecular weight is 433 g/mol. The molecule has 1 aliphatic rings. The predicted molar refractivity (Wildman–Crippen MR) is 118 cm³/mol. The van der Waals surface area contributed by atoms with Gasteiger partial charge >= 0.3 is 0 Å². The number of hydrogen-bond acceptors (Lipinski definition) is 7. The number of anilines is 2. The summed E-state index contributed by atoms with van der Waals surface area (Å²) >= 11 is 8.52. The zero-order valence-electron chi connectivity index (χ0n) is 15.2. The van der Waals surface area contributed by atoms with Gasteiger partial charge in [0.05, 0.1) is 9.21 Å². The fourth-order valence-electron chi connectivity index (χ4n) is 3.36.